The lowest BCUT2D eigenvalue weighted by molar-refractivity contribution is -0.142. The van der Waals surface area contributed by atoms with Crippen LogP contribution in [0.3, 0.4) is 0 Å². The number of carbonyl (C=O) groups is 1. The zero-order chi connectivity index (χ0) is 17.8. The molecule has 0 unspecified atom stereocenters. The van der Waals surface area contributed by atoms with Crippen LogP contribution in [0.4, 0.5) is 5.82 Å². The molecular weight excluding hydrogens is 340 g/mol. The maximum atomic E-state index is 12.2. The Hall–Kier alpha value is -1.92. The van der Waals surface area contributed by atoms with E-state index in [9.17, 15) is 9.90 Å². The average molecular weight is 361 g/mol. The molecule has 2 N–H and O–H groups in total. The van der Waals surface area contributed by atoms with Gasteiger partial charge in [0.1, 0.15) is 11.4 Å². The molecule has 0 atom stereocenters. The van der Waals surface area contributed by atoms with Crippen molar-refractivity contribution in [2.45, 2.75) is 51.7 Å². The van der Waals surface area contributed by atoms with E-state index in [0.717, 1.165) is 36.2 Å². The summed E-state index contributed by atoms with van der Waals surface area (Å²) in [6.07, 6.45) is 6.11. The van der Waals surface area contributed by atoms with Crippen molar-refractivity contribution in [2.24, 2.45) is 5.41 Å². The topological polar surface area (TPSA) is 80.0 Å². The zero-order valence-electron chi connectivity index (χ0n) is 14.3. The predicted molar refractivity (Wildman–Crippen MR) is 95.4 cm³/mol. The number of amides is 1. The van der Waals surface area contributed by atoms with Gasteiger partial charge in [-0.25, -0.2) is 4.98 Å². The number of aliphatic hydroxyl groups is 1. The Bertz CT molecular complexity index is 855. The number of halogens is 1. The molecule has 1 fully saturated rings. The molecule has 0 saturated heterocycles. The Kier molecular flexibility index (Phi) is 3.67. The molecule has 0 bridgehead atoms. The molecule has 0 aromatic carbocycles. The number of nitrogens with one attached hydrogen (secondary N) is 1. The van der Waals surface area contributed by atoms with Gasteiger partial charge in [-0.3, -0.25) is 9.48 Å². The third-order valence-corrected chi connectivity index (χ3v) is 5.46. The maximum Gasteiger partial charge on any atom is 0.257 e. The molecule has 1 aliphatic carbocycles. The summed E-state index contributed by atoms with van der Waals surface area (Å²) >= 11 is 6.36. The van der Waals surface area contributed by atoms with Gasteiger partial charge in [0, 0.05) is 29.6 Å². The van der Waals surface area contributed by atoms with Crippen LogP contribution < -0.4 is 5.32 Å². The van der Waals surface area contributed by atoms with Gasteiger partial charge >= 0.3 is 0 Å². The number of aromatic nitrogens is 3. The number of hydrogen-bond acceptors (Lipinski definition) is 4. The van der Waals surface area contributed by atoms with E-state index in [1.165, 1.54) is 6.20 Å². The van der Waals surface area contributed by atoms with Gasteiger partial charge in [-0.15, -0.1) is 0 Å². The fraction of sp³-hybridized carbons (Fsp3) is 0.500. The molecule has 1 amide bonds. The second-order valence-electron chi connectivity index (χ2n) is 7.89. The van der Waals surface area contributed by atoms with Crippen LogP contribution in [0, 0.1) is 5.41 Å². The first-order valence-corrected chi connectivity index (χ1v) is 8.90. The monoisotopic (exact) mass is 360 g/mol. The number of nitrogens with zero attached hydrogens (tertiary/aromatic N) is 3. The number of anilines is 1. The molecule has 3 heterocycles. The van der Waals surface area contributed by atoms with Crippen LogP contribution in [0.5, 0.6) is 0 Å². The van der Waals surface area contributed by atoms with Crippen molar-refractivity contribution in [3.05, 3.63) is 29.2 Å². The standard InChI is InChI=1S/C18H21ClN4O2/c1-17(2)7-14-12(8-21-23(14)10-17)11-6-15(20-9-13(11)19)22-16(24)18(25)4-3-5-18/h6,8-9,25H,3-5,7,10H2,1-2H3,(H,20,22,24). The number of fused-ring (bicyclic) bond motifs is 1. The van der Waals surface area contributed by atoms with E-state index < -0.39 is 11.5 Å². The molecule has 4 rings (SSSR count). The molecule has 7 heteroatoms. The molecule has 6 nitrogen and oxygen atoms in total. The normalized spacial score (nSPS) is 20.0. The van der Waals surface area contributed by atoms with Crippen molar-refractivity contribution in [2.75, 3.05) is 5.32 Å². The third-order valence-electron chi connectivity index (χ3n) is 5.16. The van der Waals surface area contributed by atoms with Gasteiger partial charge in [-0.2, -0.15) is 5.10 Å². The summed E-state index contributed by atoms with van der Waals surface area (Å²) in [6.45, 7) is 5.30. The Labute approximate surface area is 151 Å². The minimum atomic E-state index is -1.26. The molecule has 1 saturated carbocycles. The Morgan fingerprint density at radius 2 is 2.08 bits per heavy atom. The van der Waals surface area contributed by atoms with Crippen molar-refractivity contribution >= 4 is 23.3 Å². The highest BCUT2D eigenvalue weighted by Gasteiger charge is 2.42. The summed E-state index contributed by atoms with van der Waals surface area (Å²) in [6, 6.07) is 1.76. The molecule has 2 aliphatic rings. The van der Waals surface area contributed by atoms with E-state index in [1.807, 2.05) is 10.9 Å². The summed E-state index contributed by atoms with van der Waals surface area (Å²) in [7, 11) is 0. The summed E-state index contributed by atoms with van der Waals surface area (Å²) in [5.74, 6) is -0.0113. The predicted octanol–water partition coefficient (Wildman–Crippen LogP) is 3.03. The van der Waals surface area contributed by atoms with E-state index in [4.69, 9.17) is 11.6 Å². The smallest absolute Gasteiger partial charge is 0.257 e. The summed E-state index contributed by atoms with van der Waals surface area (Å²) in [5, 5.41) is 17.9. The first-order chi connectivity index (χ1) is 11.8. The maximum absolute atomic E-state index is 12.2. The SMILES string of the molecule is CC1(C)Cc2c(-c3cc(NC(=O)C4(O)CCC4)ncc3Cl)cnn2C1. The lowest BCUT2D eigenvalue weighted by Gasteiger charge is -2.34. The van der Waals surface area contributed by atoms with Crippen LogP contribution in [0.15, 0.2) is 18.5 Å². The molecule has 132 valence electrons. The van der Waals surface area contributed by atoms with Crippen molar-refractivity contribution in [1.82, 2.24) is 14.8 Å². The number of rotatable bonds is 3. The van der Waals surface area contributed by atoms with Crippen molar-refractivity contribution < 1.29 is 9.90 Å². The average Bonchev–Trinajstić information content (AvgIpc) is 3.01. The summed E-state index contributed by atoms with van der Waals surface area (Å²) in [4.78, 5) is 16.4. The van der Waals surface area contributed by atoms with Crippen molar-refractivity contribution in [3.8, 4) is 11.1 Å². The van der Waals surface area contributed by atoms with Gasteiger partial charge in [-0.1, -0.05) is 25.4 Å². The highest BCUT2D eigenvalue weighted by Crippen LogP contribution is 2.39. The van der Waals surface area contributed by atoms with Crippen LogP contribution in [0.2, 0.25) is 5.02 Å². The Morgan fingerprint density at radius 3 is 2.76 bits per heavy atom. The molecule has 0 spiro atoms. The summed E-state index contributed by atoms with van der Waals surface area (Å²) in [5.41, 5.74) is 1.82. The van der Waals surface area contributed by atoms with Gasteiger partial charge in [-0.05, 0) is 37.2 Å². The van der Waals surface area contributed by atoms with Gasteiger partial charge in [0.25, 0.3) is 5.91 Å². The highest BCUT2D eigenvalue weighted by atomic mass is 35.5. The molecule has 2 aromatic heterocycles. The number of carbonyl (C=O) groups excluding carboxylic acids is 1. The van der Waals surface area contributed by atoms with Crippen LogP contribution in [-0.2, 0) is 17.8 Å². The first-order valence-electron chi connectivity index (χ1n) is 8.52. The fourth-order valence-corrected chi connectivity index (χ4v) is 3.76. The molecular formula is C18H21ClN4O2. The Balaban J connectivity index is 1.65. The quantitative estimate of drug-likeness (QED) is 0.881. The minimum Gasteiger partial charge on any atom is -0.380 e. The third kappa shape index (κ3) is 2.83. The second-order valence-corrected chi connectivity index (χ2v) is 8.30. The number of pyridine rings is 1. The van der Waals surface area contributed by atoms with E-state index >= 15 is 0 Å². The van der Waals surface area contributed by atoms with E-state index in [1.54, 1.807) is 6.07 Å². The molecule has 25 heavy (non-hydrogen) atoms. The lowest BCUT2D eigenvalue weighted by atomic mass is 9.79. The molecule has 1 aliphatic heterocycles. The van der Waals surface area contributed by atoms with Gasteiger partial charge < -0.3 is 10.4 Å². The second kappa shape index (κ2) is 5.54. The van der Waals surface area contributed by atoms with E-state index in [2.05, 4.69) is 29.2 Å². The van der Waals surface area contributed by atoms with E-state index in [-0.39, 0.29) is 5.41 Å². The van der Waals surface area contributed by atoms with Gasteiger partial charge in [0.2, 0.25) is 0 Å². The highest BCUT2D eigenvalue weighted by molar-refractivity contribution is 6.33. The minimum absolute atomic E-state index is 0.169. The van der Waals surface area contributed by atoms with Crippen LogP contribution in [-0.4, -0.2) is 31.4 Å². The first kappa shape index (κ1) is 16.5. The fourth-order valence-electron chi connectivity index (χ4n) is 3.56. The van der Waals surface area contributed by atoms with Crippen molar-refractivity contribution in [3.63, 3.8) is 0 Å². The van der Waals surface area contributed by atoms with Crippen LogP contribution in [0.25, 0.3) is 11.1 Å². The number of hydrogen-bond donors (Lipinski definition) is 2. The van der Waals surface area contributed by atoms with Crippen molar-refractivity contribution in [1.29, 1.82) is 0 Å². The summed E-state index contributed by atoms with van der Waals surface area (Å²) < 4.78 is 2.02. The van der Waals surface area contributed by atoms with Crippen LogP contribution >= 0.6 is 11.6 Å². The lowest BCUT2D eigenvalue weighted by Crippen LogP contribution is -2.48. The molecule has 2 aromatic rings. The van der Waals surface area contributed by atoms with Crippen LogP contribution in [0.1, 0.15) is 38.8 Å². The van der Waals surface area contributed by atoms with E-state index in [0.29, 0.717) is 23.7 Å². The zero-order valence-corrected chi connectivity index (χ0v) is 15.1. The molecule has 0 radical (unpaired) electrons. The van der Waals surface area contributed by atoms with Gasteiger partial charge in [0.15, 0.2) is 0 Å². The Morgan fingerprint density at radius 1 is 1.32 bits per heavy atom. The van der Waals surface area contributed by atoms with Gasteiger partial charge in [0.05, 0.1) is 11.2 Å². The largest absolute Gasteiger partial charge is 0.380 e.